The maximum absolute atomic E-state index is 4.39. The van der Waals surface area contributed by atoms with Gasteiger partial charge in [-0.3, -0.25) is 0 Å². The molecule has 0 spiro atoms. The Balaban J connectivity index is 1.90. The molecule has 2 aromatic heterocycles. The first-order valence-electron chi connectivity index (χ1n) is 4.94. The van der Waals surface area contributed by atoms with Crippen LogP contribution in [0.3, 0.4) is 0 Å². The van der Waals surface area contributed by atoms with Crippen molar-refractivity contribution in [3.63, 3.8) is 0 Å². The number of anilines is 1. The second-order valence-electron chi connectivity index (χ2n) is 3.68. The van der Waals surface area contributed by atoms with Crippen molar-refractivity contribution in [1.29, 1.82) is 0 Å². The largest absolute Gasteiger partial charge is 0.359 e. The third-order valence-electron chi connectivity index (χ3n) is 2.11. The summed E-state index contributed by atoms with van der Waals surface area (Å²) >= 11 is 3.42. The molecule has 1 unspecified atom stereocenters. The van der Waals surface area contributed by atoms with Crippen molar-refractivity contribution >= 4 is 27.8 Å². The van der Waals surface area contributed by atoms with E-state index in [0.29, 0.717) is 6.04 Å². The van der Waals surface area contributed by atoms with E-state index in [0.717, 1.165) is 17.2 Å². The Morgan fingerprint density at radius 2 is 2.33 bits per heavy atom. The van der Waals surface area contributed by atoms with Crippen molar-refractivity contribution in [2.24, 2.45) is 0 Å². The topological polar surface area (TPSA) is 24.9 Å². The SMILES string of the molecule is Cc1csc(NC(C)Cc2ccsc2)n1. The summed E-state index contributed by atoms with van der Waals surface area (Å²) in [7, 11) is 0. The van der Waals surface area contributed by atoms with Crippen LogP contribution in [-0.4, -0.2) is 11.0 Å². The zero-order valence-electron chi connectivity index (χ0n) is 8.86. The molecule has 0 radical (unpaired) electrons. The summed E-state index contributed by atoms with van der Waals surface area (Å²) in [6.07, 6.45) is 1.06. The summed E-state index contributed by atoms with van der Waals surface area (Å²) in [5.74, 6) is 0. The number of thiophene rings is 1. The van der Waals surface area contributed by atoms with E-state index < -0.39 is 0 Å². The summed E-state index contributed by atoms with van der Waals surface area (Å²) in [6.45, 7) is 4.21. The minimum Gasteiger partial charge on any atom is -0.359 e. The molecule has 1 atom stereocenters. The average molecular weight is 238 g/mol. The van der Waals surface area contributed by atoms with E-state index in [-0.39, 0.29) is 0 Å². The van der Waals surface area contributed by atoms with Crippen LogP contribution in [0.1, 0.15) is 18.2 Å². The van der Waals surface area contributed by atoms with E-state index in [1.165, 1.54) is 5.56 Å². The lowest BCUT2D eigenvalue weighted by molar-refractivity contribution is 0.790. The number of hydrogen-bond donors (Lipinski definition) is 1. The number of nitrogens with one attached hydrogen (secondary N) is 1. The molecular weight excluding hydrogens is 224 g/mol. The van der Waals surface area contributed by atoms with Gasteiger partial charge in [0.1, 0.15) is 0 Å². The fourth-order valence-corrected chi connectivity index (χ4v) is 2.93. The number of hydrogen-bond acceptors (Lipinski definition) is 4. The van der Waals surface area contributed by atoms with Gasteiger partial charge in [0.05, 0.1) is 5.69 Å². The summed E-state index contributed by atoms with van der Waals surface area (Å²) < 4.78 is 0. The van der Waals surface area contributed by atoms with E-state index in [2.05, 4.69) is 39.4 Å². The van der Waals surface area contributed by atoms with Crippen LogP contribution < -0.4 is 5.32 Å². The Labute approximate surface area is 98.0 Å². The van der Waals surface area contributed by atoms with E-state index in [4.69, 9.17) is 0 Å². The molecule has 2 aromatic rings. The molecule has 80 valence electrons. The van der Waals surface area contributed by atoms with Gasteiger partial charge < -0.3 is 5.32 Å². The Bertz CT molecular complexity index is 406. The first-order valence-corrected chi connectivity index (χ1v) is 6.76. The molecule has 0 aliphatic rings. The Hall–Kier alpha value is -0.870. The van der Waals surface area contributed by atoms with Crippen molar-refractivity contribution in [2.45, 2.75) is 26.3 Å². The molecule has 4 heteroatoms. The van der Waals surface area contributed by atoms with Crippen molar-refractivity contribution in [3.05, 3.63) is 33.5 Å². The van der Waals surface area contributed by atoms with Crippen LogP contribution in [-0.2, 0) is 6.42 Å². The third kappa shape index (κ3) is 3.04. The fourth-order valence-electron chi connectivity index (χ4n) is 1.44. The molecule has 2 nitrogen and oxygen atoms in total. The van der Waals surface area contributed by atoms with Gasteiger partial charge in [-0.25, -0.2) is 4.98 Å². The normalized spacial score (nSPS) is 12.7. The molecule has 0 saturated heterocycles. The van der Waals surface area contributed by atoms with E-state index in [1.54, 1.807) is 22.7 Å². The molecule has 2 rings (SSSR count). The van der Waals surface area contributed by atoms with E-state index >= 15 is 0 Å². The second kappa shape index (κ2) is 4.77. The standard InChI is InChI=1S/C11H14N2S2/c1-8(5-10-3-4-14-7-10)12-11-13-9(2)6-15-11/h3-4,6-8H,5H2,1-2H3,(H,12,13). The van der Waals surface area contributed by atoms with Crippen molar-refractivity contribution in [1.82, 2.24) is 4.98 Å². The highest BCUT2D eigenvalue weighted by molar-refractivity contribution is 7.13. The number of nitrogens with zero attached hydrogens (tertiary/aromatic N) is 1. The van der Waals surface area contributed by atoms with Gasteiger partial charge >= 0.3 is 0 Å². The Kier molecular flexibility index (Phi) is 3.38. The molecule has 0 bridgehead atoms. The van der Waals surface area contributed by atoms with Crippen LogP contribution in [0.2, 0.25) is 0 Å². The van der Waals surface area contributed by atoms with Crippen LogP contribution in [0.15, 0.2) is 22.2 Å². The van der Waals surface area contributed by atoms with Crippen molar-refractivity contribution < 1.29 is 0 Å². The number of aryl methyl sites for hydroxylation is 1. The minimum atomic E-state index is 0.435. The molecule has 0 aliphatic heterocycles. The van der Waals surface area contributed by atoms with E-state index in [1.807, 2.05) is 6.92 Å². The third-order valence-corrected chi connectivity index (χ3v) is 3.73. The molecule has 0 aromatic carbocycles. The van der Waals surface area contributed by atoms with Gasteiger partial charge in [0.25, 0.3) is 0 Å². The van der Waals surface area contributed by atoms with Crippen molar-refractivity contribution in [3.8, 4) is 0 Å². The Morgan fingerprint density at radius 1 is 1.47 bits per heavy atom. The van der Waals surface area contributed by atoms with Crippen molar-refractivity contribution in [2.75, 3.05) is 5.32 Å². The second-order valence-corrected chi connectivity index (χ2v) is 5.31. The molecule has 1 N–H and O–H groups in total. The maximum Gasteiger partial charge on any atom is 0.183 e. The highest BCUT2D eigenvalue weighted by Gasteiger charge is 2.05. The van der Waals surface area contributed by atoms with E-state index in [9.17, 15) is 0 Å². The zero-order chi connectivity index (χ0) is 10.7. The van der Waals surface area contributed by atoms with Gasteiger partial charge in [-0.1, -0.05) is 0 Å². The molecule has 15 heavy (non-hydrogen) atoms. The summed E-state index contributed by atoms with van der Waals surface area (Å²) in [5.41, 5.74) is 2.48. The summed E-state index contributed by atoms with van der Waals surface area (Å²) in [4.78, 5) is 4.39. The zero-order valence-corrected chi connectivity index (χ0v) is 10.5. The molecular formula is C11H14N2S2. The number of rotatable bonds is 4. The van der Waals surface area contributed by atoms with Crippen LogP contribution in [0.5, 0.6) is 0 Å². The molecule has 0 saturated carbocycles. The van der Waals surface area contributed by atoms with Gasteiger partial charge in [0, 0.05) is 11.4 Å². The first-order chi connectivity index (χ1) is 7.24. The van der Waals surface area contributed by atoms with Crippen LogP contribution in [0.25, 0.3) is 0 Å². The van der Waals surface area contributed by atoms with Gasteiger partial charge in [-0.15, -0.1) is 11.3 Å². The predicted octanol–water partition coefficient (Wildman–Crippen LogP) is 3.56. The van der Waals surface area contributed by atoms with Gasteiger partial charge in [0.2, 0.25) is 0 Å². The van der Waals surface area contributed by atoms with Gasteiger partial charge in [-0.05, 0) is 42.7 Å². The van der Waals surface area contributed by atoms with Crippen LogP contribution in [0, 0.1) is 6.92 Å². The first kappa shape index (κ1) is 10.6. The van der Waals surface area contributed by atoms with Crippen LogP contribution in [0.4, 0.5) is 5.13 Å². The minimum absolute atomic E-state index is 0.435. The summed E-state index contributed by atoms with van der Waals surface area (Å²) in [6, 6.07) is 2.61. The lowest BCUT2D eigenvalue weighted by Crippen LogP contribution is -2.17. The lowest BCUT2D eigenvalue weighted by Gasteiger charge is -2.11. The molecule has 0 fully saturated rings. The van der Waals surface area contributed by atoms with Gasteiger partial charge in [-0.2, -0.15) is 11.3 Å². The highest BCUT2D eigenvalue weighted by Crippen LogP contribution is 2.17. The smallest absolute Gasteiger partial charge is 0.183 e. The molecule has 0 amide bonds. The Morgan fingerprint density at radius 3 is 2.93 bits per heavy atom. The highest BCUT2D eigenvalue weighted by atomic mass is 32.1. The van der Waals surface area contributed by atoms with Gasteiger partial charge in [0.15, 0.2) is 5.13 Å². The predicted molar refractivity (Wildman–Crippen MR) is 68.0 cm³/mol. The molecule has 0 aliphatic carbocycles. The lowest BCUT2D eigenvalue weighted by atomic mass is 10.1. The maximum atomic E-state index is 4.39. The van der Waals surface area contributed by atoms with Crippen LogP contribution >= 0.6 is 22.7 Å². The quantitative estimate of drug-likeness (QED) is 0.881. The number of thiazole rings is 1. The molecule has 2 heterocycles. The summed E-state index contributed by atoms with van der Waals surface area (Å²) in [5, 5.41) is 10.8. The number of aromatic nitrogens is 1. The monoisotopic (exact) mass is 238 g/mol. The fraction of sp³-hybridized carbons (Fsp3) is 0.364. The average Bonchev–Trinajstić information content (AvgIpc) is 2.77.